The SMILES string of the molecule is CNC(=O)[C@@H]1CN(C(=O)c2ccc3cc[nH]c3c2)CCO1. The number of carbonyl (C=O) groups is 2. The number of fused-ring (bicyclic) bond motifs is 1. The number of benzene rings is 1. The summed E-state index contributed by atoms with van der Waals surface area (Å²) in [6.45, 7) is 1.14. The summed E-state index contributed by atoms with van der Waals surface area (Å²) in [5.41, 5.74) is 1.54. The number of nitrogens with zero attached hydrogens (tertiary/aromatic N) is 1. The van der Waals surface area contributed by atoms with Crippen LogP contribution in [-0.4, -0.2) is 54.5 Å². The van der Waals surface area contributed by atoms with Gasteiger partial charge in [0.05, 0.1) is 13.2 Å². The lowest BCUT2D eigenvalue weighted by molar-refractivity contribution is -0.136. The fraction of sp³-hybridized carbons (Fsp3) is 0.333. The molecule has 2 N–H and O–H groups in total. The van der Waals surface area contributed by atoms with E-state index < -0.39 is 6.10 Å². The van der Waals surface area contributed by atoms with Gasteiger partial charge in [0.1, 0.15) is 0 Å². The van der Waals surface area contributed by atoms with Crippen molar-refractivity contribution in [3.63, 3.8) is 0 Å². The molecule has 2 amide bonds. The zero-order chi connectivity index (χ0) is 14.8. The number of hydrogen-bond acceptors (Lipinski definition) is 3. The fourth-order valence-electron chi connectivity index (χ4n) is 2.52. The van der Waals surface area contributed by atoms with Crippen LogP contribution in [0.4, 0.5) is 0 Å². The van der Waals surface area contributed by atoms with Crippen LogP contribution in [0, 0.1) is 0 Å². The average molecular weight is 287 g/mol. The molecule has 0 aliphatic carbocycles. The van der Waals surface area contributed by atoms with Crippen LogP contribution in [0.15, 0.2) is 30.5 Å². The molecule has 1 aliphatic heterocycles. The van der Waals surface area contributed by atoms with Crippen molar-refractivity contribution in [3.05, 3.63) is 36.0 Å². The minimum Gasteiger partial charge on any atom is -0.365 e. The lowest BCUT2D eigenvalue weighted by Crippen LogP contribution is -2.51. The van der Waals surface area contributed by atoms with Crippen LogP contribution in [-0.2, 0) is 9.53 Å². The zero-order valence-corrected chi connectivity index (χ0v) is 11.8. The number of nitrogens with one attached hydrogen (secondary N) is 2. The molecule has 0 spiro atoms. The molecule has 21 heavy (non-hydrogen) atoms. The van der Waals surface area contributed by atoms with Gasteiger partial charge in [0, 0.05) is 30.9 Å². The second-order valence-electron chi connectivity index (χ2n) is 5.00. The summed E-state index contributed by atoms with van der Waals surface area (Å²) in [6.07, 6.45) is 1.25. The Bertz CT molecular complexity index is 680. The first kappa shape index (κ1) is 13.6. The maximum atomic E-state index is 12.5. The van der Waals surface area contributed by atoms with E-state index in [0.29, 0.717) is 18.7 Å². The first-order chi connectivity index (χ1) is 10.2. The van der Waals surface area contributed by atoms with Crippen LogP contribution < -0.4 is 5.32 Å². The summed E-state index contributed by atoms with van der Waals surface area (Å²) in [5, 5.41) is 3.61. The van der Waals surface area contributed by atoms with E-state index in [2.05, 4.69) is 10.3 Å². The molecule has 1 atom stereocenters. The lowest BCUT2D eigenvalue weighted by atomic mass is 10.1. The van der Waals surface area contributed by atoms with E-state index in [-0.39, 0.29) is 18.4 Å². The quantitative estimate of drug-likeness (QED) is 0.856. The number of rotatable bonds is 2. The Balaban J connectivity index is 1.78. The first-order valence-electron chi connectivity index (χ1n) is 6.88. The highest BCUT2D eigenvalue weighted by Gasteiger charge is 2.29. The van der Waals surface area contributed by atoms with Gasteiger partial charge in [0.25, 0.3) is 11.8 Å². The largest absolute Gasteiger partial charge is 0.365 e. The molecule has 1 aromatic carbocycles. The van der Waals surface area contributed by atoms with Crippen molar-refractivity contribution in [2.45, 2.75) is 6.10 Å². The van der Waals surface area contributed by atoms with Crippen molar-refractivity contribution in [2.75, 3.05) is 26.7 Å². The van der Waals surface area contributed by atoms with Crippen molar-refractivity contribution in [3.8, 4) is 0 Å². The van der Waals surface area contributed by atoms with E-state index in [1.165, 1.54) is 0 Å². The van der Waals surface area contributed by atoms with E-state index in [0.717, 1.165) is 10.9 Å². The number of ether oxygens (including phenoxy) is 1. The molecule has 3 rings (SSSR count). The number of carbonyl (C=O) groups excluding carboxylic acids is 2. The summed E-state index contributed by atoms with van der Waals surface area (Å²) < 4.78 is 5.39. The van der Waals surface area contributed by atoms with Gasteiger partial charge in [0.2, 0.25) is 0 Å². The molecule has 0 saturated carbocycles. The minimum absolute atomic E-state index is 0.0799. The molecular formula is C15H17N3O3. The minimum atomic E-state index is -0.595. The number of likely N-dealkylation sites (N-methyl/N-ethyl adjacent to an activating group) is 1. The molecule has 0 bridgehead atoms. The van der Waals surface area contributed by atoms with Gasteiger partial charge in [-0.3, -0.25) is 9.59 Å². The molecule has 1 fully saturated rings. The zero-order valence-electron chi connectivity index (χ0n) is 11.8. The molecule has 1 aromatic heterocycles. The maximum Gasteiger partial charge on any atom is 0.254 e. The number of aromatic nitrogens is 1. The highest BCUT2D eigenvalue weighted by atomic mass is 16.5. The van der Waals surface area contributed by atoms with E-state index in [4.69, 9.17) is 4.74 Å². The number of aromatic amines is 1. The predicted molar refractivity (Wildman–Crippen MR) is 78.0 cm³/mol. The summed E-state index contributed by atoms with van der Waals surface area (Å²) in [6, 6.07) is 7.51. The number of amides is 2. The molecule has 1 saturated heterocycles. The second-order valence-corrected chi connectivity index (χ2v) is 5.00. The van der Waals surface area contributed by atoms with E-state index in [1.807, 2.05) is 30.5 Å². The number of hydrogen-bond donors (Lipinski definition) is 2. The van der Waals surface area contributed by atoms with Crippen LogP contribution in [0.25, 0.3) is 10.9 Å². The van der Waals surface area contributed by atoms with Crippen molar-refractivity contribution < 1.29 is 14.3 Å². The molecule has 6 heteroatoms. The number of H-pyrrole nitrogens is 1. The standard InChI is InChI=1S/C15H17N3O3/c1-16-14(19)13-9-18(6-7-21-13)15(20)11-3-2-10-4-5-17-12(10)8-11/h2-5,8,13,17H,6-7,9H2,1H3,(H,16,19)/t13-/m0/s1. The van der Waals surface area contributed by atoms with Gasteiger partial charge in [0.15, 0.2) is 6.10 Å². The third-order valence-corrected chi connectivity index (χ3v) is 3.69. The Kier molecular flexibility index (Phi) is 3.62. The summed E-state index contributed by atoms with van der Waals surface area (Å²) >= 11 is 0. The van der Waals surface area contributed by atoms with Crippen LogP contribution in [0.5, 0.6) is 0 Å². The van der Waals surface area contributed by atoms with Gasteiger partial charge in [-0.05, 0) is 23.6 Å². The fourth-order valence-corrected chi connectivity index (χ4v) is 2.52. The Morgan fingerprint density at radius 2 is 2.24 bits per heavy atom. The first-order valence-corrected chi connectivity index (χ1v) is 6.88. The van der Waals surface area contributed by atoms with Crippen molar-refractivity contribution in [1.29, 1.82) is 0 Å². The normalized spacial score (nSPS) is 18.7. The molecule has 110 valence electrons. The average Bonchev–Trinajstić information content (AvgIpc) is 3.01. The molecule has 0 unspecified atom stereocenters. The van der Waals surface area contributed by atoms with Crippen LogP contribution in [0.3, 0.4) is 0 Å². The van der Waals surface area contributed by atoms with E-state index >= 15 is 0 Å². The summed E-state index contributed by atoms with van der Waals surface area (Å²) in [7, 11) is 1.56. The van der Waals surface area contributed by atoms with Gasteiger partial charge >= 0.3 is 0 Å². The van der Waals surface area contributed by atoms with Crippen LogP contribution in [0.2, 0.25) is 0 Å². The van der Waals surface area contributed by atoms with Crippen molar-refractivity contribution in [2.24, 2.45) is 0 Å². The van der Waals surface area contributed by atoms with Crippen molar-refractivity contribution in [1.82, 2.24) is 15.2 Å². The molecule has 6 nitrogen and oxygen atoms in total. The summed E-state index contributed by atoms with van der Waals surface area (Å²) in [5.74, 6) is -0.281. The van der Waals surface area contributed by atoms with Gasteiger partial charge in [-0.15, -0.1) is 0 Å². The summed E-state index contributed by atoms with van der Waals surface area (Å²) in [4.78, 5) is 28.9. The third kappa shape index (κ3) is 2.62. The Hall–Kier alpha value is -2.34. The smallest absolute Gasteiger partial charge is 0.254 e. The predicted octanol–water partition coefficient (Wildman–Crippen LogP) is 0.755. The monoisotopic (exact) mass is 287 g/mol. The maximum absolute atomic E-state index is 12.5. The van der Waals surface area contributed by atoms with Crippen LogP contribution >= 0.6 is 0 Å². The molecule has 2 heterocycles. The Morgan fingerprint density at radius 3 is 3.05 bits per heavy atom. The topological polar surface area (TPSA) is 74.4 Å². The van der Waals surface area contributed by atoms with Gasteiger partial charge < -0.3 is 19.9 Å². The van der Waals surface area contributed by atoms with E-state index in [1.54, 1.807) is 11.9 Å². The molecular weight excluding hydrogens is 270 g/mol. The van der Waals surface area contributed by atoms with Crippen molar-refractivity contribution >= 4 is 22.7 Å². The van der Waals surface area contributed by atoms with Crippen LogP contribution in [0.1, 0.15) is 10.4 Å². The lowest BCUT2D eigenvalue weighted by Gasteiger charge is -2.32. The molecule has 0 radical (unpaired) electrons. The van der Waals surface area contributed by atoms with Gasteiger partial charge in [-0.25, -0.2) is 0 Å². The van der Waals surface area contributed by atoms with E-state index in [9.17, 15) is 9.59 Å². The van der Waals surface area contributed by atoms with Gasteiger partial charge in [-0.2, -0.15) is 0 Å². The number of morpholine rings is 1. The molecule has 1 aliphatic rings. The third-order valence-electron chi connectivity index (χ3n) is 3.69. The highest BCUT2D eigenvalue weighted by molar-refractivity contribution is 5.98. The Morgan fingerprint density at radius 1 is 1.38 bits per heavy atom. The molecule has 2 aromatic rings. The highest BCUT2D eigenvalue weighted by Crippen LogP contribution is 2.17. The van der Waals surface area contributed by atoms with Gasteiger partial charge in [-0.1, -0.05) is 6.07 Å². The second kappa shape index (κ2) is 5.57. The Labute approximate surface area is 122 Å².